The van der Waals surface area contributed by atoms with Crippen LogP contribution in [0.15, 0.2) is 89.1 Å². The summed E-state index contributed by atoms with van der Waals surface area (Å²) in [6, 6.07) is 4.09. The van der Waals surface area contributed by atoms with E-state index >= 15 is 0 Å². The van der Waals surface area contributed by atoms with E-state index in [0.717, 1.165) is 38.5 Å². The molecule has 0 unspecified atom stereocenters. The van der Waals surface area contributed by atoms with Crippen LogP contribution < -0.4 is 16.7 Å². The van der Waals surface area contributed by atoms with Gasteiger partial charge in [0.05, 0.1) is 35.3 Å². The fourth-order valence-corrected chi connectivity index (χ4v) is 10.5. The molecule has 0 aromatic carbocycles. The van der Waals surface area contributed by atoms with Crippen LogP contribution in [0.1, 0.15) is 115 Å². The second-order valence-electron chi connectivity index (χ2n) is 17.2. The largest absolute Gasteiger partial charge is 0.507 e. The molecule has 0 spiro atoms. The first-order valence-corrected chi connectivity index (χ1v) is 20.1. The van der Waals surface area contributed by atoms with Crippen molar-refractivity contribution in [1.82, 2.24) is 14.2 Å². The number of allylic oxidation sites excluding steroid dienone is 3. The first-order valence-electron chi connectivity index (χ1n) is 20.1. The average Bonchev–Trinajstić information content (AvgIpc) is 3.15. The van der Waals surface area contributed by atoms with Crippen LogP contribution in [0.3, 0.4) is 0 Å². The van der Waals surface area contributed by atoms with E-state index < -0.39 is 16.7 Å². The molecule has 6 N–H and O–H groups in total. The van der Waals surface area contributed by atoms with Gasteiger partial charge in [0.15, 0.2) is 0 Å². The van der Waals surface area contributed by atoms with Crippen molar-refractivity contribution < 1.29 is 48.0 Å². The Morgan fingerprint density at radius 1 is 0.483 bits per heavy atom. The number of nitrogens with zero attached hydrogens (tertiary/aromatic N) is 3. The van der Waals surface area contributed by atoms with E-state index in [4.69, 9.17) is 0 Å². The van der Waals surface area contributed by atoms with Gasteiger partial charge >= 0.3 is 0 Å². The van der Waals surface area contributed by atoms with Gasteiger partial charge in [-0.25, -0.2) is 0 Å². The predicted octanol–water partition coefficient (Wildman–Crippen LogP) is 8.23. The minimum Gasteiger partial charge on any atom is -0.507 e. The molecule has 0 bridgehead atoms. The number of pyridine rings is 3. The van der Waals surface area contributed by atoms with E-state index in [2.05, 4.69) is 61.3 Å². The van der Waals surface area contributed by atoms with E-state index in [9.17, 15) is 45.3 Å². The van der Waals surface area contributed by atoms with Crippen LogP contribution in [0.5, 0.6) is 17.2 Å². The minimum absolute atomic E-state index is 0. The maximum Gasteiger partial charge on any atom is 0.290 e. The molecule has 3 fully saturated rings. The summed E-state index contributed by atoms with van der Waals surface area (Å²) in [7, 11) is 0. The van der Waals surface area contributed by atoms with Crippen LogP contribution in [-0.4, -0.2) is 45.1 Å². The summed E-state index contributed by atoms with van der Waals surface area (Å²) < 4.78 is 1.62. The zero-order valence-corrected chi connectivity index (χ0v) is 35.7. The molecule has 12 nitrogen and oxygen atoms in total. The van der Waals surface area contributed by atoms with Crippen LogP contribution in [0.2, 0.25) is 0 Å². The van der Waals surface area contributed by atoms with Crippen LogP contribution in [0.25, 0.3) is 0 Å². The molecule has 6 rings (SSSR count). The molecule has 3 aliphatic carbocycles. The van der Waals surface area contributed by atoms with Gasteiger partial charge < -0.3 is 30.9 Å². The zero-order valence-electron chi connectivity index (χ0n) is 34.6. The molecule has 3 aromatic heterocycles. The fourth-order valence-electron chi connectivity index (χ4n) is 10.5. The van der Waals surface area contributed by atoms with Crippen molar-refractivity contribution >= 4 is 0 Å². The third-order valence-corrected chi connectivity index (χ3v) is 12.7. The third kappa shape index (κ3) is 10.3. The number of aromatic nitrogens is 3. The van der Waals surface area contributed by atoms with Gasteiger partial charge in [-0.15, -0.1) is 19.7 Å². The Balaban J connectivity index is 0.000000231. The zero-order chi connectivity index (χ0) is 42.5. The molecule has 0 aliphatic heterocycles. The molecule has 0 saturated heterocycles. The van der Waals surface area contributed by atoms with Gasteiger partial charge in [0.1, 0.15) is 17.2 Å². The SMILES string of the molecule is C=C[C@H]1C[C@@H](C)C[C@@H](C)[C@@H]1c1c(O)ccn(O)c1=O.C=C[C@H]1C[C@@H](C)C[C@@H](C)[C@@H]1c1c(O)ccn(O)c1=O.C=C[C@H]1C[C@@H](C)C[C@@H](C)[C@@H]1c1c(O)ccn(O)c1=O.[Fe]. The maximum absolute atomic E-state index is 12.1. The fraction of sp³-hybridized carbons (Fsp3) is 0.533. The number of hydrogen-bond acceptors (Lipinski definition) is 9. The maximum atomic E-state index is 12.1. The molecule has 3 aliphatic rings. The Morgan fingerprint density at radius 3 is 0.914 bits per heavy atom. The Labute approximate surface area is 351 Å². The average molecular weight is 846 g/mol. The minimum atomic E-state index is -0.529. The first kappa shape index (κ1) is 47.8. The summed E-state index contributed by atoms with van der Waals surface area (Å²) in [4.78, 5) is 36.3. The van der Waals surface area contributed by atoms with E-state index in [1.165, 1.54) is 36.8 Å². The molecular weight excluding hydrogens is 782 g/mol. The molecule has 3 saturated carbocycles. The molecule has 58 heavy (non-hydrogen) atoms. The van der Waals surface area contributed by atoms with Gasteiger partial charge in [0.2, 0.25) is 0 Å². The second kappa shape index (κ2) is 20.4. The Morgan fingerprint density at radius 2 is 0.707 bits per heavy atom. The van der Waals surface area contributed by atoms with Crippen LogP contribution in [-0.2, 0) is 17.1 Å². The van der Waals surface area contributed by atoms with Crippen LogP contribution >= 0.6 is 0 Å². The topological polar surface area (TPSA) is 187 Å². The van der Waals surface area contributed by atoms with Gasteiger partial charge in [-0.3, -0.25) is 14.4 Å². The van der Waals surface area contributed by atoms with E-state index in [0.29, 0.717) is 48.6 Å². The second-order valence-corrected chi connectivity index (χ2v) is 17.2. The summed E-state index contributed by atoms with van der Waals surface area (Å²) in [5.74, 6) is 2.66. The van der Waals surface area contributed by atoms with Crippen molar-refractivity contribution in [2.24, 2.45) is 53.3 Å². The summed E-state index contributed by atoms with van der Waals surface area (Å²) in [6.07, 6.45) is 15.0. The normalized spacial score (nSPS) is 30.5. The quantitative estimate of drug-likeness (QED) is 0.0808. The molecular formula is C45H63FeN3O9. The molecule has 3 aromatic rings. The summed E-state index contributed by atoms with van der Waals surface area (Å²) in [6.45, 7) is 24.4. The van der Waals surface area contributed by atoms with Crippen molar-refractivity contribution in [3.63, 3.8) is 0 Å². The van der Waals surface area contributed by atoms with Gasteiger partial charge in [-0.2, -0.15) is 14.2 Å². The molecule has 0 amide bonds. The molecule has 320 valence electrons. The van der Waals surface area contributed by atoms with E-state index in [1.54, 1.807) is 0 Å². The molecule has 12 atom stereocenters. The van der Waals surface area contributed by atoms with Gasteiger partial charge in [-0.1, -0.05) is 59.8 Å². The van der Waals surface area contributed by atoms with Crippen molar-refractivity contribution in [2.45, 2.75) is 97.8 Å². The van der Waals surface area contributed by atoms with E-state index in [-0.39, 0.29) is 87.6 Å². The van der Waals surface area contributed by atoms with Crippen molar-refractivity contribution in [3.8, 4) is 17.2 Å². The Hall–Kier alpha value is -4.61. The molecule has 13 heteroatoms. The van der Waals surface area contributed by atoms with Crippen LogP contribution in [0.4, 0.5) is 0 Å². The molecule has 0 radical (unpaired) electrons. The standard InChI is InChI=1S/3C15H21NO3.Fe/c3*1-4-11-8-9(2)7-10(3)13(11)14-12(17)5-6-16(19)15(14)18;/h3*4-6,9-11,13,17,19H,1,7-8H2,2-3H3;/t3*9-,10+,11-,13-;/m000./s1. The van der Waals surface area contributed by atoms with Crippen molar-refractivity contribution in [2.75, 3.05) is 0 Å². The first-order chi connectivity index (χ1) is 26.9. The van der Waals surface area contributed by atoms with Crippen LogP contribution in [0, 0.1) is 53.3 Å². The van der Waals surface area contributed by atoms with Gasteiger partial charge in [0, 0.05) is 53.0 Å². The van der Waals surface area contributed by atoms with Gasteiger partial charge in [0.25, 0.3) is 16.7 Å². The third-order valence-electron chi connectivity index (χ3n) is 12.7. The summed E-state index contributed by atoms with van der Waals surface area (Å²) in [5.41, 5.74) is -0.646. The number of hydrogen-bond donors (Lipinski definition) is 6. The van der Waals surface area contributed by atoms with Crippen molar-refractivity contribution in [3.05, 3.63) is 123 Å². The molecule has 3 heterocycles. The Bertz CT molecular complexity index is 1840. The van der Waals surface area contributed by atoms with E-state index in [1.807, 2.05) is 18.2 Å². The summed E-state index contributed by atoms with van der Waals surface area (Å²) >= 11 is 0. The smallest absolute Gasteiger partial charge is 0.290 e. The number of rotatable bonds is 6. The monoisotopic (exact) mass is 845 g/mol. The number of aromatic hydroxyl groups is 3. The Kier molecular flexibility index (Phi) is 16.8. The van der Waals surface area contributed by atoms with Crippen molar-refractivity contribution in [1.29, 1.82) is 0 Å². The summed E-state index contributed by atoms with van der Waals surface area (Å²) in [5, 5.41) is 58.6. The van der Waals surface area contributed by atoms with Gasteiger partial charge in [-0.05, 0) is 91.8 Å². The predicted molar refractivity (Wildman–Crippen MR) is 221 cm³/mol.